The molecule has 0 saturated heterocycles. The predicted octanol–water partition coefficient (Wildman–Crippen LogP) is 5.55. The van der Waals surface area contributed by atoms with Crippen molar-refractivity contribution in [2.75, 3.05) is 37.4 Å². The Balaban J connectivity index is 1.82. The van der Waals surface area contributed by atoms with Crippen LogP contribution in [0, 0.1) is 6.92 Å². The molecule has 0 aliphatic rings. The summed E-state index contributed by atoms with van der Waals surface area (Å²) in [6.07, 6.45) is 1.40. The second kappa shape index (κ2) is 12.5. The van der Waals surface area contributed by atoms with E-state index in [0.29, 0.717) is 25.4 Å². The first-order valence-electron chi connectivity index (χ1n) is 12.7. The zero-order valence-electron chi connectivity index (χ0n) is 22.8. The molecular weight excluding hydrogens is 466 g/mol. The van der Waals surface area contributed by atoms with Crippen LogP contribution in [-0.4, -0.2) is 53.4 Å². The van der Waals surface area contributed by atoms with E-state index in [9.17, 15) is 9.59 Å². The number of anilines is 2. The second-order valence-corrected chi connectivity index (χ2v) is 10.2. The largest absolute Gasteiger partial charge is 0.385 e. The third-order valence-electron chi connectivity index (χ3n) is 6.03. The van der Waals surface area contributed by atoms with Gasteiger partial charge in [-0.3, -0.25) is 4.79 Å². The van der Waals surface area contributed by atoms with Crippen LogP contribution in [0.2, 0.25) is 0 Å². The van der Waals surface area contributed by atoms with Gasteiger partial charge in [-0.05, 0) is 49.1 Å². The molecule has 2 aromatic carbocycles. The van der Waals surface area contributed by atoms with Gasteiger partial charge in [0.05, 0.1) is 11.4 Å². The van der Waals surface area contributed by atoms with Crippen molar-refractivity contribution in [3.8, 4) is 5.69 Å². The lowest BCUT2D eigenvalue weighted by atomic mass is 9.92. The molecule has 3 aromatic rings. The number of nitrogens with one attached hydrogen (secondary N) is 2. The number of carbonyl (C=O) groups is 2. The van der Waals surface area contributed by atoms with Crippen LogP contribution in [0.4, 0.5) is 16.3 Å². The van der Waals surface area contributed by atoms with Crippen LogP contribution in [-0.2, 0) is 21.4 Å². The fourth-order valence-corrected chi connectivity index (χ4v) is 3.95. The van der Waals surface area contributed by atoms with Crippen LogP contribution >= 0.6 is 0 Å². The molecule has 8 nitrogen and oxygen atoms in total. The van der Waals surface area contributed by atoms with Gasteiger partial charge in [-0.25, -0.2) is 9.48 Å². The number of hydrogen-bond acceptors (Lipinski definition) is 4. The molecule has 198 valence electrons. The number of aromatic nitrogens is 2. The molecule has 0 fully saturated rings. The minimum absolute atomic E-state index is 0.103. The summed E-state index contributed by atoms with van der Waals surface area (Å²) in [6, 6.07) is 17.2. The molecule has 0 radical (unpaired) electrons. The summed E-state index contributed by atoms with van der Waals surface area (Å²) in [5.41, 5.74) is 4.39. The van der Waals surface area contributed by atoms with E-state index in [0.717, 1.165) is 34.6 Å². The molecule has 8 heteroatoms. The lowest BCUT2D eigenvalue weighted by Gasteiger charge is -2.23. The molecule has 0 spiro atoms. The normalized spacial score (nSPS) is 11.3. The molecule has 3 rings (SSSR count). The van der Waals surface area contributed by atoms with E-state index in [1.807, 2.05) is 68.4 Å². The number of nitrogens with zero attached hydrogens (tertiary/aromatic N) is 3. The highest BCUT2D eigenvalue weighted by molar-refractivity contribution is 5.97. The summed E-state index contributed by atoms with van der Waals surface area (Å²) in [6.45, 7) is 11.1. The first kappa shape index (κ1) is 27.9. The number of ether oxygens (including phenoxy) is 1. The molecule has 0 saturated carbocycles. The van der Waals surface area contributed by atoms with Gasteiger partial charge in [-0.15, -0.1) is 0 Å². The summed E-state index contributed by atoms with van der Waals surface area (Å²) in [7, 11) is 1.62. The maximum atomic E-state index is 13.2. The number of carbonyl (C=O) groups excluding carboxylic acids is 2. The highest BCUT2D eigenvalue weighted by Crippen LogP contribution is 2.26. The lowest BCUT2D eigenvalue weighted by molar-refractivity contribution is -0.116. The van der Waals surface area contributed by atoms with Crippen LogP contribution in [0.5, 0.6) is 0 Å². The minimum atomic E-state index is -0.324. The standard InChI is InChI=1S/C29H39N5O3/c1-7-22-13-8-9-15-24(22)30-28(36)33(16-11-17-37-6)20-27(35)31-26-19-25(29(3,4)5)32-34(26)23-14-10-12-21(2)18-23/h8-10,12-15,18-19H,7,11,16-17,20H2,1-6H3,(H,30,36)(H,31,35). The first-order valence-corrected chi connectivity index (χ1v) is 12.7. The summed E-state index contributed by atoms with van der Waals surface area (Å²) in [4.78, 5) is 28.0. The number of aryl methyl sites for hydroxylation is 2. The third-order valence-corrected chi connectivity index (χ3v) is 6.03. The lowest BCUT2D eigenvalue weighted by Crippen LogP contribution is -2.41. The number of hydrogen-bond donors (Lipinski definition) is 2. The highest BCUT2D eigenvalue weighted by Gasteiger charge is 2.23. The number of para-hydroxylation sites is 1. The summed E-state index contributed by atoms with van der Waals surface area (Å²) >= 11 is 0. The fraction of sp³-hybridized carbons (Fsp3) is 0.414. The monoisotopic (exact) mass is 505 g/mol. The average molecular weight is 506 g/mol. The van der Waals surface area contributed by atoms with Crippen molar-refractivity contribution in [3.63, 3.8) is 0 Å². The molecular formula is C29H39N5O3. The van der Waals surface area contributed by atoms with Gasteiger partial charge in [-0.1, -0.05) is 58.0 Å². The van der Waals surface area contributed by atoms with E-state index in [-0.39, 0.29) is 23.9 Å². The molecule has 0 unspecified atom stereocenters. The molecule has 1 heterocycles. The van der Waals surface area contributed by atoms with Crippen LogP contribution in [0.25, 0.3) is 5.69 Å². The summed E-state index contributed by atoms with van der Waals surface area (Å²) in [5, 5.41) is 10.8. The Hall–Kier alpha value is -3.65. The number of benzene rings is 2. The molecule has 3 amide bonds. The predicted molar refractivity (Wildman–Crippen MR) is 149 cm³/mol. The van der Waals surface area contributed by atoms with Crippen molar-refractivity contribution in [3.05, 3.63) is 71.4 Å². The minimum Gasteiger partial charge on any atom is -0.385 e. The maximum Gasteiger partial charge on any atom is 0.322 e. The Kier molecular flexibility index (Phi) is 9.47. The number of rotatable bonds is 10. The van der Waals surface area contributed by atoms with Gasteiger partial charge in [0.25, 0.3) is 0 Å². The molecule has 1 aromatic heterocycles. The van der Waals surface area contributed by atoms with Crippen molar-refractivity contribution in [1.29, 1.82) is 0 Å². The second-order valence-electron chi connectivity index (χ2n) is 10.2. The van der Waals surface area contributed by atoms with Crippen molar-refractivity contribution < 1.29 is 14.3 Å². The van der Waals surface area contributed by atoms with E-state index in [1.165, 1.54) is 4.90 Å². The number of methoxy groups -OCH3 is 1. The van der Waals surface area contributed by atoms with E-state index in [1.54, 1.807) is 11.8 Å². The maximum absolute atomic E-state index is 13.2. The smallest absolute Gasteiger partial charge is 0.322 e. The Labute approximate surface area is 220 Å². The molecule has 37 heavy (non-hydrogen) atoms. The average Bonchev–Trinajstić information content (AvgIpc) is 3.28. The Bertz CT molecular complexity index is 1210. The van der Waals surface area contributed by atoms with Gasteiger partial charge in [0.2, 0.25) is 5.91 Å². The van der Waals surface area contributed by atoms with E-state index in [4.69, 9.17) is 9.84 Å². The van der Waals surface area contributed by atoms with Crippen LogP contribution in [0.15, 0.2) is 54.6 Å². The highest BCUT2D eigenvalue weighted by atomic mass is 16.5. The zero-order valence-corrected chi connectivity index (χ0v) is 22.8. The Morgan fingerprint density at radius 3 is 2.49 bits per heavy atom. The molecule has 0 bridgehead atoms. The van der Waals surface area contributed by atoms with Crippen molar-refractivity contribution >= 4 is 23.4 Å². The number of amides is 3. The zero-order chi connectivity index (χ0) is 27.0. The fourth-order valence-electron chi connectivity index (χ4n) is 3.95. The van der Waals surface area contributed by atoms with Gasteiger partial charge in [0, 0.05) is 37.4 Å². The van der Waals surface area contributed by atoms with E-state index >= 15 is 0 Å². The molecule has 0 aliphatic heterocycles. The Morgan fingerprint density at radius 1 is 1.05 bits per heavy atom. The van der Waals surface area contributed by atoms with Gasteiger partial charge in [-0.2, -0.15) is 5.10 Å². The SMILES string of the molecule is CCc1ccccc1NC(=O)N(CCCOC)CC(=O)Nc1cc(C(C)(C)C)nn1-c1cccc(C)c1. The van der Waals surface area contributed by atoms with Crippen molar-refractivity contribution in [2.45, 2.75) is 52.9 Å². The van der Waals surface area contributed by atoms with Crippen molar-refractivity contribution in [2.24, 2.45) is 0 Å². The van der Waals surface area contributed by atoms with Gasteiger partial charge >= 0.3 is 6.03 Å². The topological polar surface area (TPSA) is 88.5 Å². The van der Waals surface area contributed by atoms with Crippen molar-refractivity contribution in [1.82, 2.24) is 14.7 Å². The molecule has 0 atom stereocenters. The quantitative estimate of drug-likeness (QED) is 0.354. The Morgan fingerprint density at radius 2 is 1.81 bits per heavy atom. The van der Waals surface area contributed by atoms with Crippen LogP contribution in [0.3, 0.4) is 0 Å². The first-order chi connectivity index (χ1) is 17.6. The third kappa shape index (κ3) is 7.67. The van der Waals surface area contributed by atoms with Gasteiger partial charge in [0.1, 0.15) is 12.4 Å². The van der Waals surface area contributed by atoms with Crippen LogP contribution < -0.4 is 10.6 Å². The summed E-state index contributed by atoms with van der Waals surface area (Å²) in [5.74, 6) is 0.264. The molecule has 0 aliphatic carbocycles. The van der Waals surface area contributed by atoms with E-state index in [2.05, 4.69) is 31.4 Å². The number of urea groups is 1. The van der Waals surface area contributed by atoms with E-state index < -0.39 is 0 Å². The molecule has 2 N–H and O–H groups in total. The summed E-state index contributed by atoms with van der Waals surface area (Å²) < 4.78 is 6.91. The van der Waals surface area contributed by atoms with Crippen LogP contribution in [0.1, 0.15) is 50.9 Å². The van der Waals surface area contributed by atoms with Gasteiger partial charge < -0.3 is 20.3 Å². The van der Waals surface area contributed by atoms with Gasteiger partial charge in [0.15, 0.2) is 0 Å².